The van der Waals surface area contributed by atoms with Crippen LogP contribution in [0.15, 0.2) is 0 Å². The highest BCUT2D eigenvalue weighted by Crippen LogP contribution is 2.28. The Kier molecular flexibility index (Phi) is 4.04. The van der Waals surface area contributed by atoms with Crippen molar-refractivity contribution in [2.45, 2.75) is 37.7 Å². The molecule has 0 aromatic rings. The highest BCUT2D eigenvalue weighted by atomic mass is 127. The SMILES string of the molecule is CC(C)(C)[C@H](I)OC(=O)N1CCCC1. The van der Waals surface area contributed by atoms with Gasteiger partial charge in [-0.3, -0.25) is 0 Å². The maximum atomic E-state index is 11.6. The minimum Gasteiger partial charge on any atom is -0.435 e. The summed E-state index contributed by atoms with van der Waals surface area (Å²) >= 11 is 2.18. The van der Waals surface area contributed by atoms with Crippen LogP contribution in [0.5, 0.6) is 0 Å². The Morgan fingerprint density at radius 2 is 1.86 bits per heavy atom. The van der Waals surface area contributed by atoms with Crippen molar-refractivity contribution in [2.75, 3.05) is 13.1 Å². The van der Waals surface area contributed by atoms with Gasteiger partial charge >= 0.3 is 6.09 Å². The van der Waals surface area contributed by atoms with E-state index < -0.39 is 0 Å². The molecule has 0 unspecified atom stereocenters. The van der Waals surface area contributed by atoms with Crippen molar-refractivity contribution in [2.24, 2.45) is 5.41 Å². The highest BCUT2D eigenvalue weighted by molar-refractivity contribution is 14.1. The third-order valence-electron chi connectivity index (χ3n) is 2.25. The molecule has 1 rings (SSSR count). The van der Waals surface area contributed by atoms with Gasteiger partial charge in [-0.25, -0.2) is 4.79 Å². The lowest BCUT2D eigenvalue weighted by Crippen LogP contribution is -2.34. The summed E-state index contributed by atoms with van der Waals surface area (Å²) in [6, 6.07) is 0. The number of hydrogen-bond donors (Lipinski definition) is 0. The Bertz CT molecular complexity index is 207. The van der Waals surface area contributed by atoms with Crippen molar-refractivity contribution < 1.29 is 9.53 Å². The van der Waals surface area contributed by atoms with Gasteiger partial charge in [0.25, 0.3) is 0 Å². The molecule has 14 heavy (non-hydrogen) atoms. The summed E-state index contributed by atoms with van der Waals surface area (Å²) < 4.78 is 5.31. The number of hydrogen-bond acceptors (Lipinski definition) is 2. The number of nitrogens with zero attached hydrogens (tertiary/aromatic N) is 1. The normalized spacial score (nSPS) is 19.6. The van der Waals surface area contributed by atoms with E-state index in [1.54, 1.807) is 4.90 Å². The van der Waals surface area contributed by atoms with Gasteiger partial charge in [-0.05, 0) is 35.4 Å². The number of carbonyl (C=O) groups excluding carboxylic acids is 1. The first kappa shape index (κ1) is 12.1. The van der Waals surface area contributed by atoms with Crippen LogP contribution in [0.25, 0.3) is 0 Å². The maximum Gasteiger partial charge on any atom is 0.410 e. The summed E-state index contributed by atoms with van der Waals surface area (Å²) in [6.07, 6.45) is 2.06. The average Bonchev–Trinajstić information content (AvgIpc) is 2.53. The third kappa shape index (κ3) is 3.29. The van der Waals surface area contributed by atoms with Crippen molar-refractivity contribution in [3.8, 4) is 0 Å². The van der Waals surface area contributed by atoms with Crippen LogP contribution in [0.2, 0.25) is 0 Å². The van der Waals surface area contributed by atoms with E-state index in [4.69, 9.17) is 4.74 Å². The van der Waals surface area contributed by atoms with Gasteiger partial charge < -0.3 is 9.64 Å². The molecule has 1 amide bonds. The second kappa shape index (κ2) is 4.68. The average molecular weight is 311 g/mol. The van der Waals surface area contributed by atoms with E-state index in [0.717, 1.165) is 25.9 Å². The fourth-order valence-corrected chi connectivity index (χ4v) is 1.46. The zero-order valence-corrected chi connectivity index (χ0v) is 11.2. The highest BCUT2D eigenvalue weighted by Gasteiger charge is 2.28. The molecule has 0 aromatic carbocycles. The van der Waals surface area contributed by atoms with Crippen LogP contribution in [0.1, 0.15) is 33.6 Å². The molecule has 0 bridgehead atoms. The fourth-order valence-electron chi connectivity index (χ4n) is 1.24. The first-order valence-electron chi connectivity index (χ1n) is 5.01. The smallest absolute Gasteiger partial charge is 0.410 e. The van der Waals surface area contributed by atoms with Crippen LogP contribution in [0.4, 0.5) is 4.79 Å². The number of likely N-dealkylation sites (tertiary alicyclic amines) is 1. The molecule has 1 saturated heterocycles. The molecule has 0 spiro atoms. The number of carbonyl (C=O) groups is 1. The van der Waals surface area contributed by atoms with E-state index in [9.17, 15) is 4.79 Å². The van der Waals surface area contributed by atoms with Crippen molar-refractivity contribution >= 4 is 28.7 Å². The van der Waals surface area contributed by atoms with Gasteiger partial charge in [0.2, 0.25) is 0 Å². The number of ether oxygens (including phenoxy) is 1. The first-order chi connectivity index (χ1) is 6.41. The largest absolute Gasteiger partial charge is 0.435 e. The van der Waals surface area contributed by atoms with E-state index in [-0.39, 0.29) is 15.6 Å². The molecular weight excluding hydrogens is 293 g/mol. The Labute approximate surface area is 99.3 Å². The fraction of sp³-hybridized carbons (Fsp3) is 0.900. The molecular formula is C10H18INO2. The summed E-state index contributed by atoms with van der Waals surface area (Å²) in [4.78, 5) is 13.4. The van der Waals surface area contributed by atoms with Crippen molar-refractivity contribution in [3.63, 3.8) is 0 Å². The van der Waals surface area contributed by atoms with Crippen LogP contribution < -0.4 is 0 Å². The lowest BCUT2D eigenvalue weighted by Gasteiger charge is -2.27. The lowest BCUT2D eigenvalue weighted by molar-refractivity contribution is 0.0687. The summed E-state index contributed by atoms with van der Waals surface area (Å²) in [5.41, 5.74) is 0.00987. The quantitative estimate of drug-likeness (QED) is 0.550. The Balaban J connectivity index is 2.40. The Hall–Kier alpha value is 0. The van der Waals surface area contributed by atoms with E-state index in [1.807, 2.05) is 0 Å². The molecule has 0 radical (unpaired) electrons. The molecule has 0 saturated carbocycles. The minimum atomic E-state index is -0.156. The van der Waals surface area contributed by atoms with Crippen LogP contribution in [-0.4, -0.2) is 28.2 Å². The topological polar surface area (TPSA) is 29.5 Å². The van der Waals surface area contributed by atoms with Gasteiger partial charge in [-0.1, -0.05) is 20.8 Å². The second-order valence-corrected chi connectivity index (χ2v) is 5.89. The lowest BCUT2D eigenvalue weighted by atomic mass is 9.99. The molecule has 1 fully saturated rings. The monoisotopic (exact) mass is 311 g/mol. The second-order valence-electron chi connectivity index (χ2n) is 4.76. The van der Waals surface area contributed by atoms with Gasteiger partial charge in [0.1, 0.15) is 0 Å². The molecule has 1 aliphatic heterocycles. The van der Waals surface area contributed by atoms with Gasteiger partial charge in [0.15, 0.2) is 4.11 Å². The van der Waals surface area contributed by atoms with E-state index in [2.05, 4.69) is 43.4 Å². The summed E-state index contributed by atoms with van der Waals surface area (Å²) in [5.74, 6) is 0. The van der Waals surface area contributed by atoms with E-state index >= 15 is 0 Å². The zero-order valence-electron chi connectivity index (χ0n) is 9.05. The summed E-state index contributed by atoms with van der Waals surface area (Å²) in [7, 11) is 0. The molecule has 0 N–H and O–H groups in total. The molecule has 4 heteroatoms. The predicted molar refractivity (Wildman–Crippen MR) is 64.6 cm³/mol. The molecule has 1 aliphatic rings. The molecule has 0 aliphatic carbocycles. The third-order valence-corrected chi connectivity index (χ3v) is 4.37. The predicted octanol–water partition coefficient (Wildman–Crippen LogP) is 3.03. The number of amides is 1. The zero-order chi connectivity index (χ0) is 10.8. The standard InChI is InChI=1S/C10H18INO2/c1-10(2,3)8(11)14-9(13)12-6-4-5-7-12/h8H,4-7H2,1-3H3/t8-/m1/s1. The van der Waals surface area contributed by atoms with Crippen LogP contribution >= 0.6 is 22.6 Å². The van der Waals surface area contributed by atoms with Crippen molar-refractivity contribution in [1.29, 1.82) is 0 Å². The first-order valence-corrected chi connectivity index (χ1v) is 6.25. The van der Waals surface area contributed by atoms with E-state index in [0.29, 0.717) is 0 Å². The molecule has 1 heterocycles. The van der Waals surface area contributed by atoms with Crippen LogP contribution in [0, 0.1) is 5.41 Å². The Morgan fingerprint density at radius 3 is 2.29 bits per heavy atom. The van der Waals surface area contributed by atoms with Crippen molar-refractivity contribution in [3.05, 3.63) is 0 Å². The minimum absolute atomic E-state index is 0.00987. The molecule has 0 aromatic heterocycles. The summed E-state index contributed by atoms with van der Waals surface area (Å²) in [6.45, 7) is 7.92. The van der Waals surface area contributed by atoms with Crippen LogP contribution in [-0.2, 0) is 4.74 Å². The van der Waals surface area contributed by atoms with E-state index in [1.165, 1.54) is 0 Å². The summed E-state index contributed by atoms with van der Waals surface area (Å²) in [5, 5.41) is 0. The van der Waals surface area contributed by atoms with Crippen LogP contribution in [0.3, 0.4) is 0 Å². The van der Waals surface area contributed by atoms with Gasteiger partial charge in [-0.15, -0.1) is 0 Å². The number of alkyl halides is 1. The Morgan fingerprint density at radius 1 is 1.36 bits per heavy atom. The number of halogens is 1. The molecule has 82 valence electrons. The maximum absolute atomic E-state index is 11.6. The molecule has 1 atom stereocenters. The molecule has 3 nitrogen and oxygen atoms in total. The van der Waals surface area contributed by atoms with Gasteiger partial charge in [0, 0.05) is 18.5 Å². The van der Waals surface area contributed by atoms with Crippen molar-refractivity contribution in [1.82, 2.24) is 4.90 Å². The van der Waals surface area contributed by atoms with Gasteiger partial charge in [0.05, 0.1) is 0 Å². The number of rotatable bonds is 1. The van der Waals surface area contributed by atoms with Gasteiger partial charge in [-0.2, -0.15) is 0 Å².